The van der Waals surface area contributed by atoms with E-state index in [1.165, 1.54) is 5.56 Å². The van der Waals surface area contributed by atoms with Gasteiger partial charge in [0.05, 0.1) is 13.2 Å². The molecule has 0 fully saturated rings. The van der Waals surface area contributed by atoms with E-state index in [1.807, 2.05) is 18.2 Å². The molecule has 0 spiro atoms. The number of halogens is 1. The van der Waals surface area contributed by atoms with Crippen LogP contribution in [0.2, 0.25) is 0 Å². The molecular formula is C13H19BrO. The van der Waals surface area contributed by atoms with Crippen molar-refractivity contribution in [1.82, 2.24) is 0 Å². The van der Waals surface area contributed by atoms with E-state index in [-0.39, 0.29) is 0 Å². The zero-order valence-corrected chi connectivity index (χ0v) is 11.0. The first-order valence-corrected chi connectivity index (χ1v) is 6.35. The first-order chi connectivity index (χ1) is 7.18. The van der Waals surface area contributed by atoms with E-state index in [2.05, 4.69) is 41.9 Å². The van der Waals surface area contributed by atoms with Gasteiger partial charge in [-0.1, -0.05) is 60.1 Å². The fraction of sp³-hybridized carbons (Fsp3) is 0.538. The predicted octanol–water partition coefficient (Wildman–Crippen LogP) is 4.01. The summed E-state index contributed by atoms with van der Waals surface area (Å²) in [6, 6.07) is 10.3. The summed E-state index contributed by atoms with van der Waals surface area (Å²) in [6.45, 7) is 5.95. The van der Waals surface area contributed by atoms with Crippen molar-refractivity contribution in [2.75, 3.05) is 6.61 Å². The Bertz CT molecular complexity index is 258. The molecule has 15 heavy (non-hydrogen) atoms. The number of ether oxygens (including phenoxy) is 1. The van der Waals surface area contributed by atoms with Crippen molar-refractivity contribution in [3.8, 4) is 0 Å². The molecule has 0 bridgehead atoms. The Morgan fingerprint density at radius 2 is 1.87 bits per heavy atom. The Balaban J connectivity index is 2.16. The van der Waals surface area contributed by atoms with Crippen LogP contribution in [0.1, 0.15) is 25.8 Å². The molecule has 1 aromatic rings. The van der Waals surface area contributed by atoms with E-state index in [0.29, 0.717) is 11.4 Å². The van der Waals surface area contributed by atoms with E-state index in [1.54, 1.807) is 0 Å². The van der Waals surface area contributed by atoms with Gasteiger partial charge in [-0.15, -0.1) is 0 Å². The van der Waals surface area contributed by atoms with Crippen molar-refractivity contribution in [3.63, 3.8) is 0 Å². The number of alkyl halides is 1. The minimum absolute atomic E-state index is 0.473. The van der Waals surface area contributed by atoms with Gasteiger partial charge in [0.25, 0.3) is 0 Å². The smallest absolute Gasteiger partial charge is 0.0717 e. The molecule has 0 unspecified atom stereocenters. The zero-order chi connectivity index (χ0) is 11.1. The third-order valence-corrected chi connectivity index (χ3v) is 2.78. The number of rotatable bonds is 6. The van der Waals surface area contributed by atoms with Crippen molar-refractivity contribution in [1.29, 1.82) is 0 Å². The Morgan fingerprint density at radius 1 is 1.20 bits per heavy atom. The SMILES string of the molecule is CC(C)C[C@H](Br)COCc1ccccc1. The third-order valence-electron chi connectivity index (χ3n) is 2.14. The highest BCUT2D eigenvalue weighted by Gasteiger charge is 2.06. The fourth-order valence-electron chi connectivity index (χ4n) is 1.46. The normalized spacial score (nSPS) is 13.1. The van der Waals surface area contributed by atoms with Crippen LogP contribution in [-0.4, -0.2) is 11.4 Å². The average Bonchev–Trinajstić information content (AvgIpc) is 2.18. The van der Waals surface area contributed by atoms with Gasteiger partial charge in [0, 0.05) is 4.83 Å². The van der Waals surface area contributed by atoms with Crippen LogP contribution in [0.4, 0.5) is 0 Å². The quantitative estimate of drug-likeness (QED) is 0.710. The maximum atomic E-state index is 5.64. The molecule has 1 atom stereocenters. The van der Waals surface area contributed by atoms with E-state index in [9.17, 15) is 0 Å². The summed E-state index contributed by atoms with van der Waals surface area (Å²) >= 11 is 3.63. The molecule has 0 heterocycles. The first-order valence-electron chi connectivity index (χ1n) is 5.44. The first kappa shape index (κ1) is 12.7. The van der Waals surface area contributed by atoms with Crippen LogP contribution in [0.3, 0.4) is 0 Å². The van der Waals surface area contributed by atoms with Crippen LogP contribution in [0.15, 0.2) is 30.3 Å². The Hall–Kier alpha value is -0.340. The van der Waals surface area contributed by atoms with Gasteiger partial charge >= 0.3 is 0 Å². The van der Waals surface area contributed by atoms with Crippen molar-refractivity contribution >= 4 is 15.9 Å². The van der Waals surface area contributed by atoms with E-state index >= 15 is 0 Å². The lowest BCUT2D eigenvalue weighted by molar-refractivity contribution is 0.119. The minimum atomic E-state index is 0.473. The van der Waals surface area contributed by atoms with Crippen molar-refractivity contribution in [2.45, 2.75) is 31.7 Å². The summed E-state index contributed by atoms with van der Waals surface area (Å²) < 4.78 is 5.64. The molecule has 0 saturated heterocycles. The largest absolute Gasteiger partial charge is 0.376 e. The second-order valence-corrected chi connectivity index (χ2v) is 5.52. The van der Waals surface area contributed by atoms with Crippen LogP contribution < -0.4 is 0 Å². The highest BCUT2D eigenvalue weighted by Crippen LogP contribution is 2.13. The lowest BCUT2D eigenvalue weighted by Gasteiger charge is -2.12. The molecule has 0 aliphatic carbocycles. The van der Waals surface area contributed by atoms with Crippen LogP contribution in [0.25, 0.3) is 0 Å². The molecule has 1 nitrogen and oxygen atoms in total. The second kappa shape index (κ2) is 7.02. The van der Waals surface area contributed by atoms with Gasteiger partial charge < -0.3 is 4.74 Å². The Labute approximate surface area is 101 Å². The summed E-state index contributed by atoms with van der Waals surface area (Å²) in [6.07, 6.45) is 1.16. The third kappa shape index (κ3) is 5.95. The maximum absolute atomic E-state index is 5.64. The lowest BCUT2D eigenvalue weighted by Crippen LogP contribution is -2.11. The van der Waals surface area contributed by atoms with Crippen LogP contribution >= 0.6 is 15.9 Å². The monoisotopic (exact) mass is 270 g/mol. The van der Waals surface area contributed by atoms with E-state index < -0.39 is 0 Å². The Kier molecular flexibility index (Phi) is 5.96. The molecule has 2 heteroatoms. The van der Waals surface area contributed by atoms with Crippen LogP contribution in [-0.2, 0) is 11.3 Å². The molecular weight excluding hydrogens is 252 g/mol. The molecule has 0 radical (unpaired) electrons. The van der Waals surface area contributed by atoms with Crippen molar-refractivity contribution < 1.29 is 4.74 Å². The number of hydrogen-bond acceptors (Lipinski definition) is 1. The summed E-state index contributed by atoms with van der Waals surface area (Å²) in [5.41, 5.74) is 1.24. The Morgan fingerprint density at radius 3 is 2.47 bits per heavy atom. The van der Waals surface area contributed by atoms with Gasteiger partial charge in [-0.05, 0) is 17.9 Å². The second-order valence-electron chi connectivity index (χ2n) is 4.23. The predicted molar refractivity (Wildman–Crippen MR) is 68.3 cm³/mol. The molecule has 1 aromatic carbocycles. The fourth-order valence-corrected chi connectivity index (χ4v) is 2.39. The lowest BCUT2D eigenvalue weighted by atomic mass is 10.1. The minimum Gasteiger partial charge on any atom is -0.376 e. The highest BCUT2D eigenvalue weighted by atomic mass is 79.9. The van der Waals surface area contributed by atoms with Crippen LogP contribution in [0.5, 0.6) is 0 Å². The van der Waals surface area contributed by atoms with Gasteiger partial charge in [-0.3, -0.25) is 0 Å². The van der Waals surface area contributed by atoms with Crippen molar-refractivity contribution in [2.24, 2.45) is 5.92 Å². The summed E-state index contributed by atoms with van der Waals surface area (Å²) in [7, 11) is 0. The number of benzene rings is 1. The topological polar surface area (TPSA) is 9.23 Å². The van der Waals surface area contributed by atoms with E-state index in [4.69, 9.17) is 4.74 Å². The summed E-state index contributed by atoms with van der Waals surface area (Å²) in [5, 5.41) is 0. The molecule has 0 aromatic heterocycles. The van der Waals surface area contributed by atoms with E-state index in [0.717, 1.165) is 18.9 Å². The van der Waals surface area contributed by atoms with Gasteiger partial charge in [0.2, 0.25) is 0 Å². The molecule has 0 N–H and O–H groups in total. The van der Waals surface area contributed by atoms with Crippen molar-refractivity contribution in [3.05, 3.63) is 35.9 Å². The van der Waals surface area contributed by atoms with Gasteiger partial charge in [0.1, 0.15) is 0 Å². The molecule has 0 aliphatic rings. The van der Waals surface area contributed by atoms with Crippen LogP contribution in [0, 0.1) is 5.92 Å². The maximum Gasteiger partial charge on any atom is 0.0717 e. The number of hydrogen-bond donors (Lipinski definition) is 0. The highest BCUT2D eigenvalue weighted by molar-refractivity contribution is 9.09. The standard InChI is InChI=1S/C13H19BrO/c1-11(2)8-13(14)10-15-9-12-6-4-3-5-7-12/h3-7,11,13H,8-10H2,1-2H3/t13-/m0/s1. The average molecular weight is 271 g/mol. The van der Waals surface area contributed by atoms with Gasteiger partial charge in [-0.2, -0.15) is 0 Å². The summed E-state index contributed by atoms with van der Waals surface area (Å²) in [4.78, 5) is 0.473. The van der Waals surface area contributed by atoms with Gasteiger partial charge in [-0.25, -0.2) is 0 Å². The zero-order valence-electron chi connectivity index (χ0n) is 9.45. The molecule has 0 amide bonds. The molecule has 0 aliphatic heterocycles. The molecule has 0 saturated carbocycles. The molecule has 1 rings (SSSR count). The molecule has 84 valence electrons. The van der Waals surface area contributed by atoms with Gasteiger partial charge in [0.15, 0.2) is 0 Å². The summed E-state index contributed by atoms with van der Waals surface area (Å²) in [5.74, 6) is 0.717.